The summed E-state index contributed by atoms with van der Waals surface area (Å²) in [5.41, 5.74) is 1.17. The number of pyridine rings is 2. The molecule has 0 fully saturated rings. The van der Waals surface area contributed by atoms with Gasteiger partial charge in [0.25, 0.3) is 5.91 Å². The van der Waals surface area contributed by atoms with Crippen LogP contribution in [0.2, 0.25) is 0 Å². The predicted molar refractivity (Wildman–Crippen MR) is 85.1 cm³/mol. The molecule has 2 aromatic rings. The second-order valence-electron chi connectivity index (χ2n) is 5.55. The number of aryl methyl sites for hydroxylation is 1. The molecule has 0 atom stereocenters. The van der Waals surface area contributed by atoms with Gasteiger partial charge in [-0.05, 0) is 24.6 Å². The number of halogens is 3. The summed E-state index contributed by atoms with van der Waals surface area (Å²) in [6.07, 6.45) is -1.86. The lowest BCUT2D eigenvalue weighted by Crippen LogP contribution is -2.43. The molecule has 1 N–H and O–H groups in total. The zero-order valence-electron chi connectivity index (χ0n) is 13.5. The van der Waals surface area contributed by atoms with Crippen LogP contribution >= 0.6 is 0 Å². The van der Waals surface area contributed by atoms with E-state index >= 15 is 0 Å². The first-order valence-corrected chi connectivity index (χ1v) is 7.47. The molecule has 10 heteroatoms. The molecule has 0 unspecified atom stereocenters. The number of nitrogens with zero attached hydrogens (tertiary/aromatic N) is 3. The highest BCUT2D eigenvalue weighted by molar-refractivity contribution is 6.14. The molecule has 136 valence electrons. The Morgan fingerprint density at radius 2 is 2.04 bits per heavy atom. The van der Waals surface area contributed by atoms with Crippen LogP contribution in [0.5, 0.6) is 5.88 Å². The highest BCUT2D eigenvalue weighted by Gasteiger charge is 2.31. The summed E-state index contributed by atoms with van der Waals surface area (Å²) in [6, 6.07) is 4.10. The van der Waals surface area contributed by atoms with Crippen molar-refractivity contribution in [1.29, 1.82) is 0 Å². The van der Waals surface area contributed by atoms with Crippen LogP contribution in [0.4, 0.5) is 24.7 Å². The molecule has 1 aliphatic heterocycles. The lowest BCUT2D eigenvalue weighted by atomic mass is 10.1. The number of alkyl halides is 3. The summed E-state index contributed by atoms with van der Waals surface area (Å²) in [7, 11) is 0. The van der Waals surface area contributed by atoms with Crippen LogP contribution in [0, 0.1) is 6.92 Å². The van der Waals surface area contributed by atoms with Crippen molar-refractivity contribution in [3.05, 3.63) is 41.7 Å². The second-order valence-corrected chi connectivity index (χ2v) is 5.55. The van der Waals surface area contributed by atoms with E-state index in [0.717, 1.165) is 22.7 Å². The Kier molecular flexibility index (Phi) is 4.49. The summed E-state index contributed by atoms with van der Waals surface area (Å²) < 4.78 is 41.3. The van der Waals surface area contributed by atoms with Gasteiger partial charge >= 0.3 is 6.18 Å². The average molecular weight is 366 g/mol. The van der Waals surface area contributed by atoms with Gasteiger partial charge in [-0.2, -0.15) is 13.2 Å². The van der Waals surface area contributed by atoms with E-state index in [0.29, 0.717) is 5.69 Å². The van der Waals surface area contributed by atoms with E-state index < -0.39 is 24.6 Å². The fourth-order valence-electron chi connectivity index (χ4n) is 2.40. The Morgan fingerprint density at radius 1 is 1.31 bits per heavy atom. The molecule has 0 aliphatic carbocycles. The minimum atomic E-state index is -4.52. The van der Waals surface area contributed by atoms with Crippen LogP contribution in [-0.2, 0) is 4.79 Å². The molecule has 0 aromatic carbocycles. The van der Waals surface area contributed by atoms with Gasteiger partial charge in [0, 0.05) is 24.0 Å². The van der Waals surface area contributed by atoms with Gasteiger partial charge in [-0.25, -0.2) is 9.97 Å². The van der Waals surface area contributed by atoms with Crippen LogP contribution in [-0.4, -0.2) is 41.1 Å². The first-order chi connectivity index (χ1) is 12.2. The summed E-state index contributed by atoms with van der Waals surface area (Å²) in [5, 5.41) is 2.66. The maximum Gasteiger partial charge on any atom is 0.422 e. The Hall–Kier alpha value is -3.17. The highest BCUT2D eigenvalue weighted by Crippen LogP contribution is 2.31. The normalized spacial score (nSPS) is 13.8. The fraction of sp³-hybridized carbons (Fsp3) is 0.250. The minimum absolute atomic E-state index is 0.0288. The molecule has 3 heterocycles. The van der Waals surface area contributed by atoms with Gasteiger partial charge in [0.2, 0.25) is 11.8 Å². The maximum absolute atomic E-state index is 12.8. The van der Waals surface area contributed by atoms with Crippen molar-refractivity contribution in [3.63, 3.8) is 0 Å². The van der Waals surface area contributed by atoms with E-state index in [1.54, 1.807) is 13.0 Å². The quantitative estimate of drug-likeness (QED) is 0.901. The number of amides is 2. The van der Waals surface area contributed by atoms with Crippen molar-refractivity contribution >= 4 is 23.3 Å². The average Bonchev–Trinajstić information content (AvgIpc) is 2.59. The topological polar surface area (TPSA) is 84.4 Å². The van der Waals surface area contributed by atoms with E-state index in [1.165, 1.54) is 12.3 Å². The van der Waals surface area contributed by atoms with E-state index in [2.05, 4.69) is 20.0 Å². The number of nitrogens with one attached hydrogen (secondary N) is 1. The Balaban J connectivity index is 1.88. The largest absolute Gasteiger partial charge is 0.468 e. The summed E-state index contributed by atoms with van der Waals surface area (Å²) >= 11 is 0. The van der Waals surface area contributed by atoms with E-state index in [9.17, 15) is 22.8 Å². The second kappa shape index (κ2) is 6.62. The molecular formula is C16H13F3N4O3. The van der Waals surface area contributed by atoms with E-state index in [1.807, 2.05) is 0 Å². The Morgan fingerprint density at radius 3 is 2.77 bits per heavy atom. The molecule has 1 aliphatic rings. The van der Waals surface area contributed by atoms with Gasteiger partial charge < -0.3 is 10.1 Å². The van der Waals surface area contributed by atoms with E-state index in [4.69, 9.17) is 0 Å². The number of carbonyl (C=O) groups excluding carboxylic acids is 2. The van der Waals surface area contributed by atoms with Gasteiger partial charge in [-0.3, -0.25) is 14.5 Å². The van der Waals surface area contributed by atoms with Crippen molar-refractivity contribution in [2.75, 3.05) is 23.4 Å². The Bertz CT molecular complexity index is 870. The molecule has 2 amide bonds. The van der Waals surface area contributed by atoms with Crippen molar-refractivity contribution in [1.82, 2.24) is 9.97 Å². The standard InChI is InChI=1S/C16H13F3N4O3/c1-9-2-4-21-14-13(9)22-11(24)7-23(14)15(25)10-3-5-20-12(6-10)26-8-16(17,18)19/h2-6H,7-8H2,1H3,(H,22,24). The predicted octanol–water partition coefficient (Wildman–Crippen LogP) is 2.33. The number of aromatic nitrogens is 2. The van der Waals surface area contributed by atoms with Crippen molar-refractivity contribution in [2.24, 2.45) is 0 Å². The lowest BCUT2D eigenvalue weighted by Gasteiger charge is -2.29. The molecule has 0 spiro atoms. The van der Waals surface area contributed by atoms with Gasteiger partial charge in [0.05, 0.1) is 5.69 Å². The van der Waals surface area contributed by atoms with Crippen LogP contribution in [0.3, 0.4) is 0 Å². The van der Waals surface area contributed by atoms with Gasteiger partial charge in [0.1, 0.15) is 6.54 Å². The molecule has 0 bridgehead atoms. The van der Waals surface area contributed by atoms with Crippen LogP contribution in [0.25, 0.3) is 0 Å². The molecule has 2 aromatic heterocycles. The first kappa shape index (κ1) is 17.6. The zero-order chi connectivity index (χ0) is 18.9. The number of carbonyl (C=O) groups is 2. The van der Waals surface area contributed by atoms with Gasteiger partial charge in [-0.15, -0.1) is 0 Å². The highest BCUT2D eigenvalue weighted by atomic mass is 19.4. The third kappa shape index (κ3) is 3.73. The summed E-state index contributed by atoms with van der Waals surface area (Å²) in [6.45, 7) is -0.0268. The third-order valence-corrected chi connectivity index (χ3v) is 3.57. The number of fused-ring (bicyclic) bond motifs is 1. The monoisotopic (exact) mass is 366 g/mol. The molecule has 0 saturated carbocycles. The zero-order valence-corrected chi connectivity index (χ0v) is 13.5. The number of anilines is 2. The number of ether oxygens (including phenoxy) is 1. The first-order valence-electron chi connectivity index (χ1n) is 7.47. The summed E-state index contributed by atoms with van der Waals surface area (Å²) in [5.74, 6) is -1.07. The van der Waals surface area contributed by atoms with E-state index in [-0.39, 0.29) is 23.8 Å². The van der Waals surface area contributed by atoms with Crippen LogP contribution in [0.15, 0.2) is 30.6 Å². The van der Waals surface area contributed by atoms with Crippen molar-refractivity contribution in [3.8, 4) is 5.88 Å². The summed E-state index contributed by atoms with van der Waals surface area (Å²) in [4.78, 5) is 33.6. The molecule has 0 saturated heterocycles. The third-order valence-electron chi connectivity index (χ3n) is 3.57. The molecule has 26 heavy (non-hydrogen) atoms. The van der Waals surface area contributed by atoms with Crippen molar-refractivity contribution < 1.29 is 27.5 Å². The van der Waals surface area contributed by atoms with Crippen LogP contribution in [0.1, 0.15) is 15.9 Å². The van der Waals surface area contributed by atoms with Crippen molar-refractivity contribution in [2.45, 2.75) is 13.1 Å². The fourth-order valence-corrected chi connectivity index (χ4v) is 2.40. The smallest absolute Gasteiger partial charge is 0.422 e. The lowest BCUT2D eigenvalue weighted by molar-refractivity contribution is -0.154. The van der Waals surface area contributed by atoms with Crippen LogP contribution < -0.4 is 15.0 Å². The van der Waals surface area contributed by atoms with Gasteiger partial charge in [-0.1, -0.05) is 0 Å². The molecular weight excluding hydrogens is 353 g/mol. The number of rotatable bonds is 3. The Labute approximate surface area is 145 Å². The molecule has 3 rings (SSSR count). The van der Waals surface area contributed by atoms with Gasteiger partial charge in [0.15, 0.2) is 12.4 Å². The molecule has 7 nitrogen and oxygen atoms in total. The number of hydrogen-bond acceptors (Lipinski definition) is 5. The minimum Gasteiger partial charge on any atom is -0.468 e. The number of hydrogen-bond donors (Lipinski definition) is 1. The maximum atomic E-state index is 12.8. The molecule has 0 radical (unpaired) electrons. The SMILES string of the molecule is Cc1ccnc2c1NC(=O)CN2C(=O)c1ccnc(OCC(F)(F)F)c1.